The molecule has 1 aliphatic rings. The van der Waals surface area contributed by atoms with Crippen LogP contribution < -0.4 is 15.0 Å². The lowest BCUT2D eigenvalue weighted by atomic mass is 9.88. The van der Waals surface area contributed by atoms with Crippen molar-refractivity contribution in [2.75, 3.05) is 20.3 Å². The maximum absolute atomic E-state index is 12.1. The zero-order valence-corrected chi connectivity index (χ0v) is 13.0. The molecule has 0 bridgehead atoms. The van der Waals surface area contributed by atoms with Crippen LogP contribution in [0.15, 0.2) is 23.0 Å². The van der Waals surface area contributed by atoms with Crippen molar-refractivity contribution in [2.24, 2.45) is 0 Å². The summed E-state index contributed by atoms with van der Waals surface area (Å²) in [5.74, 6) is 0.475. The zero-order valence-electron chi connectivity index (χ0n) is 13.0. The number of aryl methyl sites for hydroxylation is 1. The van der Waals surface area contributed by atoms with Gasteiger partial charge in [0.25, 0.3) is 5.56 Å². The van der Waals surface area contributed by atoms with Gasteiger partial charge in [-0.05, 0) is 24.6 Å². The number of aromatic amines is 2. The number of H-pyrrole nitrogens is 2. The quantitative estimate of drug-likeness (QED) is 0.833. The molecule has 2 heterocycles. The monoisotopic (exact) mass is 318 g/mol. The third kappa shape index (κ3) is 2.94. The first-order valence-electron chi connectivity index (χ1n) is 7.33. The van der Waals surface area contributed by atoms with E-state index in [9.17, 15) is 9.59 Å². The number of carbonyl (C=O) groups is 1. The molecule has 1 atom stereocenters. The van der Waals surface area contributed by atoms with Crippen molar-refractivity contribution in [3.05, 3.63) is 45.4 Å². The molecule has 0 aliphatic carbocycles. The standard InChI is InChI=1S/C16H18N2O5/c1-9-15(16(20)18-17-9)11(8-14(19)21-2)10-3-4-12-13(7-10)23-6-5-22-12/h3-4,7,11H,5-6,8H2,1-2H3,(H2,17,18,20)/t11-/m0/s1. The Morgan fingerprint density at radius 3 is 2.65 bits per heavy atom. The van der Waals surface area contributed by atoms with Gasteiger partial charge < -0.3 is 19.3 Å². The van der Waals surface area contributed by atoms with Crippen LogP contribution >= 0.6 is 0 Å². The lowest BCUT2D eigenvalue weighted by Crippen LogP contribution is -2.19. The molecule has 122 valence electrons. The number of hydrogen-bond donors (Lipinski definition) is 2. The third-order valence-electron chi connectivity index (χ3n) is 3.93. The summed E-state index contributed by atoms with van der Waals surface area (Å²) in [5.41, 5.74) is 1.77. The maximum Gasteiger partial charge on any atom is 0.306 e. The van der Waals surface area contributed by atoms with Crippen LogP contribution in [0.5, 0.6) is 11.5 Å². The fourth-order valence-electron chi connectivity index (χ4n) is 2.79. The third-order valence-corrected chi connectivity index (χ3v) is 3.93. The highest BCUT2D eigenvalue weighted by Gasteiger charge is 2.26. The number of hydrogen-bond acceptors (Lipinski definition) is 5. The first kappa shape index (κ1) is 15.2. The summed E-state index contributed by atoms with van der Waals surface area (Å²) in [6.07, 6.45) is 0.0674. The summed E-state index contributed by atoms with van der Waals surface area (Å²) in [6.45, 7) is 2.77. The molecule has 7 heteroatoms. The van der Waals surface area contributed by atoms with Crippen LogP contribution in [-0.4, -0.2) is 36.5 Å². The molecule has 0 unspecified atom stereocenters. The number of aromatic nitrogens is 2. The molecule has 0 radical (unpaired) electrons. The van der Waals surface area contributed by atoms with Gasteiger partial charge in [0, 0.05) is 17.2 Å². The average Bonchev–Trinajstić information content (AvgIpc) is 2.90. The molecule has 0 saturated carbocycles. The molecule has 1 aliphatic heterocycles. The van der Waals surface area contributed by atoms with Gasteiger partial charge in [-0.15, -0.1) is 0 Å². The van der Waals surface area contributed by atoms with Crippen LogP contribution in [0.3, 0.4) is 0 Å². The maximum atomic E-state index is 12.1. The molecule has 3 rings (SSSR count). The van der Waals surface area contributed by atoms with E-state index in [0.717, 1.165) is 5.56 Å². The Bertz CT molecular complexity index is 777. The molecule has 2 aromatic rings. The van der Waals surface area contributed by atoms with Crippen molar-refractivity contribution in [3.8, 4) is 11.5 Å². The highest BCUT2D eigenvalue weighted by atomic mass is 16.6. The normalized spacial score (nSPS) is 14.3. The highest BCUT2D eigenvalue weighted by Crippen LogP contribution is 2.36. The summed E-state index contributed by atoms with van der Waals surface area (Å²) in [4.78, 5) is 23.9. The molecular weight excluding hydrogens is 300 g/mol. The highest BCUT2D eigenvalue weighted by molar-refractivity contribution is 5.71. The summed E-state index contributed by atoms with van der Waals surface area (Å²) in [5, 5.41) is 5.35. The lowest BCUT2D eigenvalue weighted by molar-refractivity contribution is -0.140. The van der Waals surface area contributed by atoms with E-state index in [0.29, 0.717) is 36.0 Å². The second-order valence-corrected chi connectivity index (χ2v) is 5.35. The summed E-state index contributed by atoms with van der Waals surface area (Å²) >= 11 is 0. The van der Waals surface area contributed by atoms with Crippen LogP contribution in [0.2, 0.25) is 0 Å². The molecule has 0 fully saturated rings. The molecule has 1 aromatic carbocycles. The number of fused-ring (bicyclic) bond motifs is 1. The molecule has 0 saturated heterocycles. The fourth-order valence-corrected chi connectivity index (χ4v) is 2.79. The van der Waals surface area contributed by atoms with Gasteiger partial charge >= 0.3 is 5.97 Å². The van der Waals surface area contributed by atoms with Crippen molar-refractivity contribution >= 4 is 5.97 Å². The SMILES string of the molecule is COC(=O)C[C@@H](c1ccc2c(c1)OCCO2)c1c(C)[nH][nH]c1=O. The number of methoxy groups -OCH3 is 1. The van der Waals surface area contributed by atoms with Crippen molar-refractivity contribution < 1.29 is 19.0 Å². The smallest absolute Gasteiger partial charge is 0.306 e. The number of benzene rings is 1. The van der Waals surface area contributed by atoms with Gasteiger partial charge in [-0.2, -0.15) is 0 Å². The van der Waals surface area contributed by atoms with Gasteiger partial charge in [-0.1, -0.05) is 6.07 Å². The molecule has 2 N–H and O–H groups in total. The molecule has 0 amide bonds. The van der Waals surface area contributed by atoms with Crippen LogP contribution in [0.1, 0.15) is 29.2 Å². The van der Waals surface area contributed by atoms with Crippen molar-refractivity contribution in [1.82, 2.24) is 10.2 Å². The van der Waals surface area contributed by atoms with Gasteiger partial charge in [0.05, 0.1) is 13.5 Å². The second kappa shape index (κ2) is 6.20. The van der Waals surface area contributed by atoms with Crippen LogP contribution in [-0.2, 0) is 9.53 Å². The molecule has 1 aromatic heterocycles. The minimum absolute atomic E-state index is 0.0674. The molecule has 7 nitrogen and oxygen atoms in total. The second-order valence-electron chi connectivity index (χ2n) is 5.35. The van der Waals surface area contributed by atoms with Crippen molar-refractivity contribution in [2.45, 2.75) is 19.3 Å². The number of ether oxygens (including phenoxy) is 3. The Hall–Kier alpha value is -2.70. The van der Waals surface area contributed by atoms with E-state index in [2.05, 4.69) is 10.2 Å². The Labute approximate surface area is 132 Å². The average molecular weight is 318 g/mol. The van der Waals surface area contributed by atoms with Crippen LogP contribution in [0.25, 0.3) is 0 Å². The van der Waals surface area contributed by atoms with Gasteiger partial charge in [-0.25, -0.2) is 0 Å². The van der Waals surface area contributed by atoms with E-state index >= 15 is 0 Å². The predicted octanol–water partition coefficient (Wildman–Crippen LogP) is 1.48. The Balaban J connectivity index is 2.05. The Morgan fingerprint density at radius 1 is 1.26 bits per heavy atom. The zero-order chi connectivity index (χ0) is 16.4. The molecule has 0 spiro atoms. The van der Waals surface area contributed by atoms with Gasteiger partial charge in [0.15, 0.2) is 11.5 Å². The fraction of sp³-hybridized carbons (Fsp3) is 0.375. The summed E-state index contributed by atoms with van der Waals surface area (Å²) in [6, 6.07) is 5.45. The van der Waals surface area contributed by atoms with Gasteiger partial charge in [0.2, 0.25) is 0 Å². The molecule has 23 heavy (non-hydrogen) atoms. The van der Waals surface area contributed by atoms with Crippen molar-refractivity contribution in [1.29, 1.82) is 0 Å². The van der Waals surface area contributed by atoms with E-state index in [1.807, 2.05) is 12.1 Å². The van der Waals surface area contributed by atoms with E-state index in [-0.39, 0.29) is 17.9 Å². The van der Waals surface area contributed by atoms with Crippen molar-refractivity contribution in [3.63, 3.8) is 0 Å². The number of nitrogens with one attached hydrogen (secondary N) is 2. The number of carbonyl (C=O) groups excluding carboxylic acids is 1. The Morgan fingerprint density at radius 2 is 2.00 bits per heavy atom. The molecular formula is C16H18N2O5. The van der Waals surface area contributed by atoms with E-state index in [1.165, 1.54) is 7.11 Å². The van der Waals surface area contributed by atoms with E-state index in [4.69, 9.17) is 14.2 Å². The van der Waals surface area contributed by atoms with E-state index < -0.39 is 5.92 Å². The predicted molar refractivity (Wildman–Crippen MR) is 82.1 cm³/mol. The first-order chi connectivity index (χ1) is 11.1. The topological polar surface area (TPSA) is 93.4 Å². The van der Waals surface area contributed by atoms with Gasteiger partial charge in [-0.3, -0.25) is 14.7 Å². The van der Waals surface area contributed by atoms with Crippen LogP contribution in [0, 0.1) is 6.92 Å². The minimum Gasteiger partial charge on any atom is -0.486 e. The van der Waals surface area contributed by atoms with E-state index in [1.54, 1.807) is 13.0 Å². The number of esters is 1. The number of rotatable bonds is 4. The lowest BCUT2D eigenvalue weighted by Gasteiger charge is -2.21. The van der Waals surface area contributed by atoms with Crippen LogP contribution in [0.4, 0.5) is 0 Å². The summed E-state index contributed by atoms with van der Waals surface area (Å²) < 4.78 is 15.9. The minimum atomic E-state index is -0.423. The summed E-state index contributed by atoms with van der Waals surface area (Å²) in [7, 11) is 1.33. The Kier molecular flexibility index (Phi) is 4.10. The first-order valence-corrected chi connectivity index (χ1v) is 7.33. The van der Waals surface area contributed by atoms with Gasteiger partial charge in [0.1, 0.15) is 13.2 Å². The largest absolute Gasteiger partial charge is 0.486 e.